The molecule has 0 radical (unpaired) electrons. The molecule has 0 saturated carbocycles. The highest BCUT2D eigenvalue weighted by Gasteiger charge is 2.15. The van der Waals surface area contributed by atoms with E-state index < -0.39 is 0 Å². The average Bonchev–Trinajstić information content (AvgIpc) is 2.31. The molecule has 1 unspecified atom stereocenters. The van der Waals surface area contributed by atoms with Crippen LogP contribution in [0.4, 0.5) is 5.69 Å². The standard InChI is InChI=1S/C14H15ClIN3O/c1-7-13(14(20)19-9(3)17-7)8(2)18-12-5-4-10(16)6-11(12)15/h4-6,8,18H,1-3H3,(H,17,19,20). The van der Waals surface area contributed by atoms with E-state index in [2.05, 4.69) is 37.9 Å². The van der Waals surface area contributed by atoms with E-state index in [9.17, 15) is 4.79 Å². The number of nitrogens with one attached hydrogen (secondary N) is 2. The van der Waals surface area contributed by atoms with Crippen LogP contribution in [0.5, 0.6) is 0 Å². The van der Waals surface area contributed by atoms with E-state index in [1.165, 1.54) is 0 Å². The van der Waals surface area contributed by atoms with Crippen molar-refractivity contribution in [3.63, 3.8) is 0 Å². The first kappa shape index (κ1) is 15.3. The van der Waals surface area contributed by atoms with Crippen LogP contribution in [0, 0.1) is 17.4 Å². The van der Waals surface area contributed by atoms with Gasteiger partial charge in [-0.2, -0.15) is 0 Å². The second-order valence-corrected chi connectivity index (χ2v) is 6.29. The van der Waals surface area contributed by atoms with Crippen molar-refractivity contribution in [3.8, 4) is 0 Å². The fourth-order valence-electron chi connectivity index (χ4n) is 2.16. The first-order valence-electron chi connectivity index (χ1n) is 6.17. The Morgan fingerprint density at radius 2 is 2.10 bits per heavy atom. The van der Waals surface area contributed by atoms with E-state index in [1.54, 1.807) is 6.92 Å². The zero-order valence-electron chi connectivity index (χ0n) is 11.4. The SMILES string of the molecule is Cc1nc(C)c(C(C)Nc2ccc(I)cc2Cl)c(=O)[nH]1. The minimum absolute atomic E-state index is 0.114. The Kier molecular flexibility index (Phi) is 4.70. The molecule has 2 N–H and O–H groups in total. The van der Waals surface area contributed by atoms with Crippen LogP contribution in [0.1, 0.15) is 30.0 Å². The van der Waals surface area contributed by atoms with Crippen LogP contribution < -0.4 is 10.9 Å². The van der Waals surface area contributed by atoms with Gasteiger partial charge in [-0.15, -0.1) is 0 Å². The molecule has 1 atom stereocenters. The van der Waals surface area contributed by atoms with Gasteiger partial charge in [0.05, 0.1) is 28.0 Å². The number of rotatable bonds is 3. The smallest absolute Gasteiger partial charge is 0.256 e. The van der Waals surface area contributed by atoms with Gasteiger partial charge in [-0.05, 0) is 61.6 Å². The number of aryl methyl sites for hydroxylation is 2. The number of anilines is 1. The Labute approximate surface area is 136 Å². The van der Waals surface area contributed by atoms with Crippen LogP contribution in [-0.2, 0) is 0 Å². The normalized spacial score (nSPS) is 12.2. The molecule has 0 aliphatic heterocycles. The molecule has 2 aromatic rings. The van der Waals surface area contributed by atoms with Crippen molar-refractivity contribution in [1.82, 2.24) is 9.97 Å². The Balaban J connectivity index is 2.33. The monoisotopic (exact) mass is 403 g/mol. The first-order valence-corrected chi connectivity index (χ1v) is 7.63. The molecule has 4 nitrogen and oxygen atoms in total. The lowest BCUT2D eigenvalue weighted by Crippen LogP contribution is -2.23. The minimum atomic E-state index is -0.176. The van der Waals surface area contributed by atoms with Gasteiger partial charge >= 0.3 is 0 Å². The molecule has 1 heterocycles. The molecule has 1 aromatic heterocycles. The zero-order chi connectivity index (χ0) is 14.9. The number of H-pyrrole nitrogens is 1. The van der Waals surface area contributed by atoms with E-state index in [4.69, 9.17) is 11.6 Å². The average molecular weight is 404 g/mol. The summed E-state index contributed by atoms with van der Waals surface area (Å²) in [5, 5.41) is 3.90. The summed E-state index contributed by atoms with van der Waals surface area (Å²) in [4.78, 5) is 19.1. The van der Waals surface area contributed by atoms with Crippen LogP contribution in [0.3, 0.4) is 0 Å². The lowest BCUT2D eigenvalue weighted by Gasteiger charge is -2.17. The highest BCUT2D eigenvalue weighted by Crippen LogP contribution is 2.27. The maximum Gasteiger partial charge on any atom is 0.256 e. The lowest BCUT2D eigenvalue weighted by molar-refractivity contribution is 0.814. The molecule has 20 heavy (non-hydrogen) atoms. The molecule has 0 saturated heterocycles. The minimum Gasteiger partial charge on any atom is -0.377 e. The van der Waals surface area contributed by atoms with Gasteiger partial charge in [0.1, 0.15) is 5.82 Å². The summed E-state index contributed by atoms with van der Waals surface area (Å²) in [6, 6.07) is 5.57. The van der Waals surface area contributed by atoms with Gasteiger partial charge in [-0.1, -0.05) is 11.6 Å². The van der Waals surface area contributed by atoms with Gasteiger partial charge in [0.25, 0.3) is 5.56 Å². The third-order valence-electron chi connectivity index (χ3n) is 3.00. The first-order chi connectivity index (χ1) is 9.38. The fraction of sp³-hybridized carbons (Fsp3) is 0.286. The van der Waals surface area contributed by atoms with Crippen molar-refractivity contribution in [2.75, 3.05) is 5.32 Å². The maximum absolute atomic E-state index is 12.1. The molecule has 0 aliphatic carbocycles. The van der Waals surface area contributed by atoms with E-state index >= 15 is 0 Å². The summed E-state index contributed by atoms with van der Waals surface area (Å²) in [5.41, 5.74) is 2.05. The molecule has 0 fully saturated rings. The van der Waals surface area contributed by atoms with Crippen molar-refractivity contribution >= 4 is 39.9 Å². The zero-order valence-corrected chi connectivity index (χ0v) is 14.3. The van der Waals surface area contributed by atoms with Crippen molar-refractivity contribution in [2.24, 2.45) is 0 Å². The van der Waals surface area contributed by atoms with E-state index in [0.717, 1.165) is 15.0 Å². The number of aromatic nitrogens is 2. The summed E-state index contributed by atoms with van der Waals surface area (Å²) in [6.07, 6.45) is 0. The Bertz CT molecular complexity index is 699. The predicted octanol–water partition coefficient (Wildman–Crippen LogP) is 3.82. The van der Waals surface area contributed by atoms with Crippen molar-refractivity contribution in [2.45, 2.75) is 26.8 Å². The quantitative estimate of drug-likeness (QED) is 0.766. The summed E-state index contributed by atoms with van der Waals surface area (Å²) in [6.45, 7) is 5.53. The Morgan fingerprint density at radius 1 is 1.40 bits per heavy atom. The van der Waals surface area contributed by atoms with Gasteiger partial charge in [0.2, 0.25) is 0 Å². The number of benzene rings is 1. The van der Waals surface area contributed by atoms with Crippen LogP contribution in [-0.4, -0.2) is 9.97 Å². The van der Waals surface area contributed by atoms with Gasteiger partial charge < -0.3 is 10.3 Å². The number of hydrogen-bond acceptors (Lipinski definition) is 3. The van der Waals surface area contributed by atoms with E-state index in [0.29, 0.717) is 16.4 Å². The lowest BCUT2D eigenvalue weighted by atomic mass is 10.1. The molecule has 0 aliphatic rings. The molecule has 0 amide bonds. The maximum atomic E-state index is 12.1. The molecule has 0 bridgehead atoms. The molecular weight excluding hydrogens is 389 g/mol. The second-order valence-electron chi connectivity index (χ2n) is 4.64. The summed E-state index contributed by atoms with van der Waals surface area (Å²) in [5.74, 6) is 0.621. The van der Waals surface area contributed by atoms with Gasteiger partial charge in [0, 0.05) is 3.57 Å². The molecule has 0 spiro atoms. The Morgan fingerprint density at radius 3 is 2.70 bits per heavy atom. The number of halogens is 2. The highest BCUT2D eigenvalue weighted by molar-refractivity contribution is 14.1. The van der Waals surface area contributed by atoms with Crippen molar-refractivity contribution in [1.29, 1.82) is 0 Å². The Hall–Kier alpha value is -1.08. The summed E-state index contributed by atoms with van der Waals surface area (Å²) in [7, 11) is 0. The third-order valence-corrected chi connectivity index (χ3v) is 3.98. The van der Waals surface area contributed by atoms with Crippen molar-refractivity contribution in [3.05, 3.63) is 54.2 Å². The van der Waals surface area contributed by atoms with Crippen molar-refractivity contribution < 1.29 is 0 Å². The molecule has 6 heteroatoms. The third kappa shape index (κ3) is 3.32. The second kappa shape index (κ2) is 6.13. The van der Waals surface area contributed by atoms with Crippen LogP contribution in [0.25, 0.3) is 0 Å². The summed E-state index contributed by atoms with van der Waals surface area (Å²) < 4.78 is 1.07. The topological polar surface area (TPSA) is 57.8 Å². The van der Waals surface area contributed by atoms with Crippen LogP contribution >= 0.6 is 34.2 Å². The number of aromatic amines is 1. The highest BCUT2D eigenvalue weighted by atomic mass is 127. The van der Waals surface area contributed by atoms with Gasteiger partial charge in [-0.25, -0.2) is 4.98 Å². The van der Waals surface area contributed by atoms with Crippen LogP contribution in [0.15, 0.2) is 23.0 Å². The molecule has 2 rings (SSSR count). The number of hydrogen-bond donors (Lipinski definition) is 2. The summed E-state index contributed by atoms with van der Waals surface area (Å²) >= 11 is 8.40. The molecule has 1 aromatic carbocycles. The predicted molar refractivity (Wildman–Crippen MR) is 90.5 cm³/mol. The fourth-order valence-corrected chi connectivity index (χ4v) is 3.07. The van der Waals surface area contributed by atoms with E-state index in [1.807, 2.05) is 32.0 Å². The van der Waals surface area contributed by atoms with E-state index in [-0.39, 0.29) is 11.6 Å². The molecular formula is C14H15ClIN3O. The van der Waals surface area contributed by atoms with Gasteiger partial charge in [0.15, 0.2) is 0 Å². The largest absolute Gasteiger partial charge is 0.377 e. The number of nitrogens with zero attached hydrogens (tertiary/aromatic N) is 1. The van der Waals surface area contributed by atoms with Gasteiger partial charge in [-0.3, -0.25) is 4.79 Å². The van der Waals surface area contributed by atoms with Crippen LogP contribution in [0.2, 0.25) is 5.02 Å². The molecule has 106 valence electrons.